The average Bonchev–Trinajstić information content (AvgIpc) is 2.68. The Labute approximate surface area is 146 Å². The normalized spacial score (nSPS) is 18.7. The van der Waals surface area contributed by atoms with Crippen LogP contribution >= 0.6 is 0 Å². The number of likely N-dealkylation sites (tertiary alicyclic amines) is 1. The van der Waals surface area contributed by atoms with E-state index >= 15 is 0 Å². The molecule has 3 heterocycles. The van der Waals surface area contributed by atoms with E-state index in [1.807, 2.05) is 17.0 Å². The predicted molar refractivity (Wildman–Crippen MR) is 91.5 cm³/mol. The molecule has 2 aliphatic heterocycles. The van der Waals surface area contributed by atoms with Crippen LogP contribution in [-0.2, 0) is 16.8 Å². The molecule has 1 spiro atoms. The van der Waals surface area contributed by atoms with Crippen LogP contribution in [0, 0.1) is 0 Å². The van der Waals surface area contributed by atoms with Gasteiger partial charge in [0.1, 0.15) is 11.4 Å². The Bertz CT molecular complexity index is 756. The fourth-order valence-corrected chi connectivity index (χ4v) is 3.94. The minimum Gasteiger partial charge on any atom is -0.496 e. The monoisotopic (exact) mass is 339 g/mol. The number of benzene rings is 1. The number of piperidine rings is 1. The third-order valence-corrected chi connectivity index (χ3v) is 5.19. The van der Waals surface area contributed by atoms with Gasteiger partial charge in [0.15, 0.2) is 5.69 Å². The Balaban J connectivity index is 1.58. The number of aromatic nitrogens is 2. The minimum absolute atomic E-state index is 0.0704. The maximum atomic E-state index is 12.6. The summed E-state index contributed by atoms with van der Waals surface area (Å²) in [6.45, 7) is 1.97. The molecule has 2 aromatic rings. The number of amides is 1. The topological polar surface area (TPSA) is 64.5 Å². The van der Waals surface area contributed by atoms with Crippen LogP contribution in [0.4, 0.5) is 0 Å². The first-order chi connectivity index (χ1) is 12.2. The van der Waals surface area contributed by atoms with E-state index in [1.54, 1.807) is 25.4 Å². The highest BCUT2D eigenvalue weighted by atomic mass is 16.5. The summed E-state index contributed by atoms with van der Waals surface area (Å²) in [6.07, 6.45) is 3.98. The number of hydrogen-bond donors (Lipinski definition) is 0. The quantitative estimate of drug-likeness (QED) is 0.839. The van der Waals surface area contributed by atoms with Gasteiger partial charge >= 0.3 is 0 Å². The first kappa shape index (κ1) is 16.0. The zero-order valence-electron chi connectivity index (χ0n) is 14.3. The molecule has 0 saturated carbocycles. The molecule has 1 saturated heterocycles. The molecule has 4 rings (SSSR count). The van der Waals surface area contributed by atoms with Gasteiger partial charge in [-0.2, -0.15) is 5.10 Å². The summed E-state index contributed by atoms with van der Waals surface area (Å²) >= 11 is 0. The van der Waals surface area contributed by atoms with Crippen molar-refractivity contribution in [2.24, 2.45) is 0 Å². The maximum absolute atomic E-state index is 12.6. The van der Waals surface area contributed by atoms with Gasteiger partial charge in [-0.1, -0.05) is 12.1 Å². The molecule has 0 N–H and O–H groups in total. The number of ether oxygens (including phenoxy) is 2. The van der Waals surface area contributed by atoms with Gasteiger partial charge in [-0.15, -0.1) is 5.10 Å². The number of rotatable bonds is 2. The lowest BCUT2D eigenvalue weighted by molar-refractivity contribution is -0.0947. The number of hydrogen-bond acceptors (Lipinski definition) is 5. The lowest BCUT2D eigenvalue weighted by Crippen LogP contribution is -2.48. The SMILES string of the molecule is COc1cccc2c1C1(CCN(C(=O)c3cccnn3)CC1)OCC2. The number of methoxy groups -OCH3 is 1. The van der Waals surface area contributed by atoms with Crippen molar-refractivity contribution in [1.82, 2.24) is 15.1 Å². The summed E-state index contributed by atoms with van der Waals surface area (Å²) < 4.78 is 11.9. The van der Waals surface area contributed by atoms with E-state index in [2.05, 4.69) is 16.3 Å². The van der Waals surface area contributed by atoms with Crippen molar-refractivity contribution in [3.05, 3.63) is 53.3 Å². The average molecular weight is 339 g/mol. The van der Waals surface area contributed by atoms with E-state index in [4.69, 9.17) is 9.47 Å². The van der Waals surface area contributed by atoms with Gasteiger partial charge in [-0.3, -0.25) is 4.79 Å². The van der Waals surface area contributed by atoms with E-state index in [-0.39, 0.29) is 11.5 Å². The second-order valence-electron chi connectivity index (χ2n) is 6.49. The Kier molecular flexibility index (Phi) is 4.13. The number of nitrogens with zero attached hydrogens (tertiary/aromatic N) is 3. The highest BCUT2D eigenvalue weighted by Gasteiger charge is 2.43. The van der Waals surface area contributed by atoms with Gasteiger partial charge in [0.25, 0.3) is 5.91 Å². The summed E-state index contributed by atoms with van der Waals surface area (Å²) in [5.74, 6) is 0.810. The van der Waals surface area contributed by atoms with Crippen molar-refractivity contribution >= 4 is 5.91 Å². The summed E-state index contributed by atoms with van der Waals surface area (Å²) in [5.41, 5.74) is 2.48. The minimum atomic E-state index is -0.362. The standard InChI is InChI=1S/C19H21N3O3/c1-24-16-6-2-4-14-7-13-25-19(17(14)16)8-11-22(12-9-19)18(23)15-5-3-10-20-21-15/h2-6,10H,7-9,11-13H2,1H3. The second-order valence-corrected chi connectivity index (χ2v) is 6.49. The van der Waals surface area contributed by atoms with Crippen LogP contribution in [0.3, 0.4) is 0 Å². The van der Waals surface area contributed by atoms with Gasteiger partial charge in [0.2, 0.25) is 0 Å². The first-order valence-electron chi connectivity index (χ1n) is 8.61. The molecular weight excluding hydrogens is 318 g/mol. The van der Waals surface area contributed by atoms with Crippen LogP contribution < -0.4 is 4.74 Å². The van der Waals surface area contributed by atoms with Gasteiger partial charge in [-0.05, 0) is 43.0 Å². The molecule has 130 valence electrons. The summed E-state index contributed by atoms with van der Waals surface area (Å²) in [6, 6.07) is 9.61. The van der Waals surface area contributed by atoms with E-state index in [9.17, 15) is 4.79 Å². The van der Waals surface area contributed by atoms with Gasteiger partial charge in [0, 0.05) is 24.8 Å². The van der Waals surface area contributed by atoms with Crippen molar-refractivity contribution in [1.29, 1.82) is 0 Å². The van der Waals surface area contributed by atoms with Crippen molar-refractivity contribution in [3.8, 4) is 5.75 Å². The Morgan fingerprint density at radius 3 is 2.80 bits per heavy atom. The van der Waals surface area contributed by atoms with Crippen LogP contribution in [0.25, 0.3) is 0 Å². The van der Waals surface area contributed by atoms with Crippen molar-refractivity contribution in [2.75, 3.05) is 26.8 Å². The highest BCUT2D eigenvalue weighted by Crippen LogP contribution is 2.45. The van der Waals surface area contributed by atoms with Crippen LogP contribution in [0.15, 0.2) is 36.5 Å². The summed E-state index contributed by atoms with van der Waals surface area (Å²) in [7, 11) is 1.70. The maximum Gasteiger partial charge on any atom is 0.274 e. The van der Waals surface area contributed by atoms with Crippen LogP contribution in [0.5, 0.6) is 5.75 Å². The molecule has 0 aliphatic carbocycles. The zero-order valence-corrected chi connectivity index (χ0v) is 14.3. The Morgan fingerprint density at radius 2 is 2.08 bits per heavy atom. The summed E-state index contributed by atoms with van der Waals surface area (Å²) in [5, 5.41) is 7.73. The fourth-order valence-electron chi connectivity index (χ4n) is 3.94. The van der Waals surface area contributed by atoms with E-state index in [1.165, 1.54) is 5.56 Å². The van der Waals surface area contributed by atoms with Crippen molar-refractivity contribution in [3.63, 3.8) is 0 Å². The second kappa shape index (κ2) is 6.44. The molecule has 6 heteroatoms. The zero-order chi connectivity index (χ0) is 17.3. The molecule has 2 aliphatic rings. The van der Waals surface area contributed by atoms with Gasteiger partial charge in [0.05, 0.1) is 13.7 Å². The van der Waals surface area contributed by atoms with Gasteiger partial charge in [-0.25, -0.2) is 0 Å². The predicted octanol–water partition coefficient (Wildman–Crippen LogP) is 2.19. The van der Waals surface area contributed by atoms with Crippen LogP contribution in [0.1, 0.15) is 34.5 Å². The third-order valence-electron chi connectivity index (χ3n) is 5.19. The largest absolute Gasteiger partial charge is 0.496 e. The first-order valence-corrected chi connectivity index (χ1v) is 8.61. The highest BCUT2D eigenvalue weighted by molar-refractivity contribution is 5.92. The molecule has 1 amide bonds. The lowest BCUT2D eigenvalue weighted by Gasteiger charge is -2.45. The molecular formula is C19H21N3O3. The number of carbonyl (C=O) groups excluding carboxylic acids is 1. The molecule has 0 atom stereocenters. The third kappa shape index (κ3) is 2.76. The molecule has 0 radical (unpaired) electrons. The molecule has 1 fully saturated rings. The molecule has 1 aromatic carbocycles. The molecule has 1 aromatic heterocycles. The van der Waals surface area contributed by atoms with E-state index in [0.29, 0.717) is 25.4 Å². The molecule has 0 bridgehead atoms. The lowest BCUT2D eigenvalue weighted by atomic mass is 9.78. The molecule has 0 unspecified atom stereocenters. The van der Waals surface area contributed by atoms with Crippen molar-refractivity contribution < 1.29 is 14.3 Å². The number of fused-ring (bicyclic) bond motifs is 2. The molecule has 25 heavy (non-hydrogen) atoms. The summed E-state index contributed by atoms with van der Waals surface area (Å²) in [4.78, 5) is 14.4. The number of carbonyl (C=O) groups is 1. The van der Waals surface area contributed by atoms with E-state index in [0.717, 1.165) is 30.6 Å². The van der Waals surface area contributed by atoms with E-state index < -0.39 is 0 Å². The van der Waals surface area contributed by atoms with Gasteiger partial charge < -0.3 is 14.4 Å². The Morgan fingerprint density at radius 1 is 1.24 bits per heavy atom. The van der Waals surface area contributed by atoms with Crippen LogP contribution in [0.2, 0.25) is 0 Å². The fraction of sp³-hybridized carbons (Fsp3) is 0.421. The smallest absolute Gasteiger partial charge is 0.274 e. The van der Waals surface area contributed by atoms with Crippen LogP contribution in [-0.4, -0.2) is 47.8 Å². The van der Waals surface area contributed by atoms with Crippen molar-refractivity contribution in [2.45, 2.75) is 24.9 Å². The molecule has 6 nitrogen and oxygen atoms in total. The Hall–Kier alpha value is -2.47.